The first-order chi connectivity index (χ1) is 44.7. The standard InChI is InChI=1S/C25H31N5OS.C24H31N5S.C23H29N5S/c1-29-13-5-8-20(29)9-12-26-24(31)19-10-14-30(15-11-19)23-22-21(18-6-3-2-4-7-18)16-32-25(22)28-17-27-23;1-27(2)19-8-12-28(13-9-19)20-10-14-29(15-11-20)23-22-21(18-6-4-3-5-7-18)16-30-24(22)26-17-25-23;1-27-11-7-18(8-12-27)26-19-9-13-28(14-10-19)22-21-20(17-5-3-2-4-6-17)15-29-23(21)25-16-24-22/h2-4,6-7,16-17,19-20H,5,8-15H2,1H3,(H,26,31);3-7,16-17,19-20H,8-15H2,1-2H3;2-6,15-16,18-19,26H,7-14H2,1H3. The Labute approximate surface area is 550 Å². The lowest BCUT2D eigenvalue weighted by molar-refractivity contribution is -0.125. The van der Waals surface area contributed by atoms with Gasteiger partial charge in [-0.1, -0.05) is 91.0 Å². The molecule has 1 unspecified atom stereocenters. The third-order valence-corrected chi connectivity index (χ3v) is 23.1. The number of aromatic nitrogens is 6. The Morgan fingerprint density at radius 1 is 0.495 bits per heavy atom. The molecule has 3 aromatic carbocycles. The summed E-state index contributed by atoms with van der Waals surface area (Å²) in [6.45, 7) is 12.9. The fourth-order valence-corrected chi connectivity index (χ4v) is 17.7. The summed E-state index contributed by atoms with van der Waals surface area (Å²) >= 11 is 5.11. The van der Waals surface area contributed by atoms with E-state index >= 15 is 0 Å². The van der Waals surface area contributed by atoms with E-state index in [1.54, 1.807) is 53.0 Å². The molecule has 0 bridgehead atoms. The quantitative estimate of drug-likeness (QED) is 0.107. The number of anilines is 3. The number of hydrogen-bond donors (Lipinski definition) is 2. The molecule has 0 saturated carbocycles. The highest BCUT2D eigenvalue weighted by Gasteiger charge is 2.33. The maximum absolute atomic E-state index is 12.7. The van der Waals surface area contributed by atoms with Crippen LogP contribution in [0.2, 0.25) is 0 Å². The van der Waals surface area contributed by atoms with Crippen LogP contribution < -0.4 is 25.3 Å². The smallest absolute Gasteiger partial charge is 0.223 e. The van der Waals surface area contributed by atoms with Crippen LogP contribution in [0, 0.1) is 5.92 Å². The lowest BCUT2D eigenvalue weighted by Crippen LogP contribution is -2.50. The highest BCUT2D eigenvalue weighted by molar-refractivity contribution is 7.18. The second kappa shape index (κ2) is 30.0. The molecular weight excluding hydrogens is 1190 g/mol. The zero-order valence-electron chi connectivity index (χ0n) is 53.7. The van der Waals surface area contributed by atoms with Crippen molar-refractivity contribution < 1.29 is 4.79 Å². The molecule has 12 heterocycles. The van der Waals surface area contributed by atoms with E-state index in [-0.39, 0.29) is 11.8 Å². The van der Waals surface area contributed by atoms with Crippen molar-refractivity contribution in [3.05, 3.63) is 126 Å². The first kappa shape index (κ1) is 63.2. The summed E-state index contributed by atoms with van der Waals surface area (Å²) in [5.74, 6) is 3.54. The molecule has 0 spiro atoms. The van der Waals surface area contributed by atoms with Crippen LogP contribution in [0.15, 0.2) is 126 Å². The average Bonchev–Trinajstić information content (AvgIpc) is 1.89. The number of nitrogens with zero attached hydrogens (tertiary/aromatic N) is 13. The minimum atomic E-state index is 0.0981. The lowest BCUT2D eigenvalue weighted by Gasteiger charge is -2.43. The normalized spacial score (nSPS) is 19.9. The Hall–Kier alpha value is -6.55. The maximum atomic E-state index is 12.7. The molecule has 15 rings (SSSR count). The van der Waals surface area contributed by atoms with Crippen molar-refractivity contribution in [3.8, 4) is 33.4 Å². The van der Waals surface area contributed by atoms with Crippen molar-refractivity contribution in [1.29, 1.82) is 0 Å². The summed E-state index contributed by atoms with van der Waals surface area (Å²) in [5.41, 5.74) is 7.40. The summed E-state index contributed by atoms with van der Waals surface area (Å²) in [6, 6.07) is 35.1. The van der Waals surface area contributed by atoms with Crippen molar-refractivity contribution >= 4 is 88.0 Å². The molecule has 91 heavy (non-hydrogen) atoms. The van der Waals surface area contributed by atoms with Gasteiger partial charge in [-0.3, -0.25) is 4.79 Å². The number of amides is 1. The topological polar surface area (TPSA) is 141 Å². The molecule has 16 nitrogen and oxygen atoms in total. The van der Waals surface area contributed by atoms with E-state index in [0.717, 1.165) is 114 Å². The van der Waals surface area contributed by atoms with Crippen molar-refractivity contribution in [2.24, 2.45) is 5.92 Å². The number of likely N-dealkylation sites (tertiary alicyclic amines) is 3. The Morgan fingerprint density at radius 3 is 1.33 bits per heavy atom. The Morgan fingerprint density at radius 2 is 0.912 bits per heavy atom. The van der Waals surface area contributed by atoms with Gasteiger partial charge < -0.3 is 44.9 Å². The molecule has 0 aliphatic carbocycles. The van der Waals surface area contributed by atoms with E-state index in [4.69, 9.17) is 9.97 Å². The molecule has 1 amide bonds. The third-order valence-electron chi connectivity index (χ3n) is 20.4. The first-order valence-electron chi connectivity index (χ1n) is 33.6. The van der Waals surface area contributed by atoms with E-state index in [0.29, 0.717) is 18.1 Å². The second-order valence-electron chi connectivity index (χ2n) is 26.3. The van der Waals surface area contributed by atoms with Gasteiger partial charge in [-0.2, -0.15) is 0 Å². The van der Waals surface area contributed by atoms with Gasteiger partial charge in [0.1, 0.15) is 50.9 Å². The van der Waals surface area contributed by atoms with Gasteiger partial charge in [0.05, 0.1) is 16.2 Å². The van der Waals surface area contributed by atoms with Gasteiger partial charge in [-0.25, -0.2) is 29.9 Å². The van der Waals surface area contributed by atoms with Crippen molar-refractivity contribution in [2.75, 3.05) is 121 Å². The number of carbonyl (C=O) groups is 1. The van der Waals surface area contributed by atoms with Crippen LogP contribution in [0.1, 0.15) is 83.5 Å². The lowest BCUT2D eigenvalue weighted by atomic mass is 9.95. The summed E-state index contributed by atoms with van der Waals surface area (Å²) in [7, 11) is 8.85. The highest BCUT2D eigenvalue weighted by atomic mass is 32.1. The van der Waals surface area contributed by atoms with Gasteiger partial charge in [0.15, 0.2) is 0 Å². The van der Waals surface area contributed by atoms with Crippen LogP contribution in [-0.2, 0) is 4.79 Å². The molecule has 1 atom stereocenters. The summed E-state index contributed by atoms with van der Waals surface area (Å²) < 4.78 is 0. The first-order valence-corrected chi connectivity index (χ1v) is 36.2. The molecule has 6 aromatic heterocycles. The van der Waals surface area contributed by atoms with Crippen LogP contribution in [0.5, 0.6) is 0 Å². The number of thiophene rings is 3. The molecule has 6 aliphatic rings. The minimum absolute atomic E-state index is 0.0981. The number of nitrogens with one attached hydrogen (secondary N) is 2. The van der Waals surface area contributed by atoms with Crippen molar-refractivity contribution in [1.82, 2.24) is 60.1 Å². The number of fused-ring (bicyclic) bond motifs is 3. The zero-order chi connectivity index (χ0) is 62.0. The molecule has 9 aromatic rings. The molecule has 0 radical (unpaired) electrons. The van der Waals surface area contributed by atoms with E-state index in [9.17, 15) is 4.79 Å². The van der Waals surface area contributed by atoms with Crippen LogP contribution in [0.3, 0.4) is 0 Å². The predicted molar refractivity (Wildman–Crippen MR) is 379 cm³/mol. The van der Waals surface area contributed by atoms with Crippen LogP contribution in [0.25, 0.3) is 64.0 Å². The minimum Gasteiger partial charge on any atom is -0.356 e. The Bertz CT molecular complexity index is 3750. The van der Waals surface area contributed by atoms with Crippen molar-refractivity contribution in [2.45, 2.75) is 114 Å². The van der Waals surface area contributed by atoms with Gasteiger partial charge in [0, 0.05) is 115 Å². The van der Waals surface area contributed by atoms with Gasteiger partial charge in [0.2, 0.25) is 5.91 Å². The van der Waals surface area contributed by atoms with Crippen LogP contribution >= 0.6 is 34.0 Å². The van der Waals surface area contributed by atoms with Crippen LogP contribution in [0.4, 0.5) is 17.5 Å². The van der Waals surface area contributed by atoms with Crippen molar-refractivity contribution in [3.63, 3.8) is 0 Å². The Balaban J connectivity index is 0.000000125. The third kappa shape index (κ3) is 14.9. The number of piperidine rings is 5. The number of benzene rings is 3. The fourth-order valence-electron chi connectivity index (χ4n) is 15.0. The van der Waals surface area contributed by atoms with E-state index in [1.807, 2.05) is 6.07 Å². The van der Waals surface area contributed by atoms with Gasteiger partial charge >= 0.3 is 0 Å². The monoisotopic (exact) mass is 1280 g/mol. The summed E-state index contributed by atoms with van der Waals surface area (Å²) in [4.78, 5) is 61.0. The molecule has 478 valence electrons. The summed E-state index contributed by atoms with van der Waals surface area (Å²) in [6.07, 6.45) is 20.4. The molecule has 6 fully saturated rings. The van der Waals surface area contributed by atoms with E-state index in [1.165, 1.54) is 141 Å². The van der Waals surface area contributed by atoms with Crippen LogP contribution in [-0.4, -0.2) is 192 Å². The number of hydrogen-bond acceptors (Lipinski definition) is 18. The Kier molecular flexibility index (Phi) is 20.9. The number of carbonyl (C=O) groups excluding carboxylic acids is 1. The molecular formula is C72H91N15OS3. The maximum Gasteiger partial charge on any atom is 0.223 e. The molecule has 6 saturated heterocycles. The zero-order valence-corrected chi connectivity index (χ0v) is 56.2. The fraction of sp³-hybridized carbons (Fsp3) is 0.486. The molecule has 19 heteroatoms. The highest BCUT2D eigenvalue weighted by Crippen LogP contribution is 2.42. The molecule has 2 N–H and O–H groups in total. The van der Waals surface area contributed by atoms with E-state index < -0.39 is 0 Å². The van der Waals surface area contributed by atoms with E-state index in [2.05, 4.69) is 194 Å². The van der Waals surface area contributed by atoms with Gasteiger partial charge in [0.25, 0.3) is 0 Å². The second-order valence-corrected chi connectivity index (χ2v) is 28.8. The molecule has 6 aliphatic heterocycles. The van der Waals surface area contributed by atoms with Gasteiger partial charge in [-0.15, -0.1) is 34.0 Å². The predicted octanol–water partition coefficient (Wildman–Crippen LogP) is 12.5. The average molecular weight is 1280 g/mol. The SMILES string of the molecule is CN(C)C1CCN(C2CCN(c3ncnc4scc(-c5ccccc5)c34)CC2)CC1.CN1CCC(NC2CCN(c3ncnc4scc(-c5ccccc5)c34)CC2)CC1.CN1CCCC1CCNC(=O)C1CCN(c2ncnc3scc(-c4ccccc4)c23)CC1. The largest absolute Gasteiger partial charge is 0.356 e. The summed E-state index contributed by atoms with van der Waals surface area (Å²) in [5, 5.41) is 17.3. The number of rotatable bonds is 14. The van der Waals surface area contributed by atoms with Gasteiger partial charge in [-0.05, 0) is 161 Å².